The number of nitrogens with one attached hydrogen (secondary N) is 1. The van der Waals surface area contributed by atoms with Crippen molar-refractivity contribution in [2.75, 3.05) is 10.5 Å². The monoisotopic (exact) mass is 355 g/mol. The highest BCUT2D eigenvalue weighted by atomic mass is 79.9. The summed E-state index contributed by atoms with van der Waals surface area (Å²) in [5.74, 6) is 0. The maximum absolute atomic E-state index is 12.4. The van der Waals surface area contributed by atoms with Gasteiger partial charge in [0.25, 0.3) is 10.0 Å². The van der Waals surface area contributed by atoms with Crippen molar-refractivity contribution in [3.63, 3.8) is 0 Å². The van der Waals surface area contributed by atoms with E-state index in [1.165, 1.54) is 6.07 Å². The van der Waals surface area contributed by atoms with E-state index in [9.17, 15) is 8.42 Å². The highest BCUT2D eigenvalue weighted by Gasteiger charge is 2.18. The molecule has 7 heteroatoms. The van der Waals surface area contributed by atoms with Crippen molar-refractivity contribution in [1.82, 2.24) is 4.98 Å². The number of aromatic nitrogens is 1. The summed E-state index contributed by atoms with van der Waals surface area (Å²) in [6.07, 6.45) is 0. The Morgan fingerprint density at radius 1 is 1.20 bits per heavy atom. The smallest absolute Gasteiger partial charge is 0.262 e. The highest BCUT2D eigenvalue weighted by Crippen LogP contribution is 2.23. The van der Waals surface area contributed by atoms with Gasteiger partial charge in [-0.3, -0.25) is 4.72 Å². The topological polar surface area (TPSA) is 85.1 Å². The minimum absolute atomic E-state index is 0.203. The summed E-state index contributed by atoms with van der Waals surface area (Å²) in [4.78, 5) is 4.36. The van der Waals surface area contributed by atoms with Gasteiger partial charge in [0, 0.05) is 5.69 Å². The maximum atomic E-state index is 12.4. The SMILES string of the molecule is Cc1cc(N)ccc1S(=O)(=O)Nc1ccc(Br)nc1C. The molecule has 1 aromatic carbocycles. The fraction of sp³-hybridized carbons (Fsp3) is 0.154. The molecule has 0 aliphatic rings. The molecule has 0 spiro atoms. The van der Waals surface area contributed by atoms with Gasteiger partial charge in [0.2, 0.25) is 0 Å². The number of nitrogens with two attached hydrogens (primary N) is 1. The Hall–Kier alpha value is -1.60. The lowest BCUT2D eigenvalue weighted by Crippen LogP contribution is -2.15. The fourth-order valence-electron chi connectivity index (χ4n) is 1.81. The Balaban J connectivity index is 2.41. The molecule has 106 valence electrons. The molecule has 2 aromatic rings. The van der Waals surface area contributed by atoms with Crippen LogP contribution in [0, 0.1) is 13.8 Å². The second-order valence-electron chi connectivity index (χ2n) is 4.40. The van der Waals surface area contributed by atoms with Crippen LogP contribution in [0.1, 0.15) is 11.3 Å². The van der Waals surface area contributed by atoms with Crippen LogP contribution in [-0.4, -0.2) is 13.4 Å². The van der Waals surface area contributed by atoms with Crippen LogP contribution in [0.4, 0.5) is 11.4 Å². The van der Waals surface area contributed by atoms with E-state index in [1.807, 2.05) is 0 Å². The number of pyridine rings is 1. The third-order valence-corrected chi connectivity index (χ3v) is 4.75. The Morgan fingerprint density at radius 3 is 2.50 bits per heavy atom. The minimum Gasteiger partial charge on any atom is -0.399 e. The number of sulfonamides is 1. The van der Waals surface area contributed by atoms with Crippen molar-refractivity contribution in [3.05, 3.63) is 46.2 Å². The zero-order valence-electron chi connectivity index (χ0n) is 11.0. The Kier molecular flexibility index (Phi) is 4.01. The zero-order valence-corrected chi connectivity index (χ0v) is 13.4. The van der Waals surface area contributed by atoms with E-state index < -0.39 is 10.0 Å². The molecule has 5 nitrogen and oxygen atoms in total. The van der Waals surface area contributed by atoms with Gasteiger partial charge in [-0.25, -0.2) is 13.4 Å². The first kappa shape index (κ1) is 14.8. The van der Waals surface area contributed by atoms with E-state index in [2.05, 4.69) is 25.6 Å². The number of hydrogen-bond donors (Lipinski definition) is 2. The van der Waals surface area contributed by atoms with Crippen molar-refractivity contribution in [2.45, 2.75) is 18.7 Å². The molecular weight excluding hydrogens is 342 g/mol. The molecule has 0 aliphatic carbocycles. The maximum Gasteiger partial charge on any atom is 0.262 e. The standard InChI is InChI=1S/C13H14BrN3O2S/c1-8-7-10(15)3-5-12(8)20(18,19)17-11-4-6-13(14)16-9(11)2/h3-7,17H,15H2,1-2H3. The Labute approximate surface area is 126 Å². The molecular formula is C13H14BrN3O2S. The summed E-state index contributed by atoms with van der Waals surface area (Å²) < 4.78 is 28.0. The van der Waals surface area contributed by atoms with Crippen LogP contribution in [0.2, 0.25) is 0 Å². The number of nitrogen functional groups attached to an aromatic ring is 1. The van der Waals surface area contributed by atoms with Crippen LogP contribution >= 0.6 is 15.9 Å². The minimum atomic E-state index is -3.66. The Morgan fingerprint density at radius 2 is 1.90 bits per heavy atom. The summed E-state index contributed by atoms with van der Waals surface area (Å²) in [7, 11) is -3.66. The van der Waals surface area contributed by atoms with Crippen molar-refractivity contribution in [3.8, 4) is 0 Å². The average molecular weight is 356 g/mol. The van der Waals surface area contributed by atoms with Gasteiger partial charge in [0.1, 0.15) is 4.60 Å². The third kappa shape index (κ3) is 3.10. The number of benzene rings is 1. The lowest BCUT2D eigenvalue weighted by molar-refractivity contribution is 0.600. The molecule has 1 aromatic heterocycles. The predicted molar refractivity (Wildman–Crippen MR) is 83.1 cm³/mol. The first-order valence-electron chi connectivity index (χ1n) is 5.82. The van der Waals surface area contributed by atoms with Gasteiger partial charge in [-0.1, -0.05) is 0 Å². The number of nitrogens with zero attached hydrogens (tertiary/aromatic N) is 1. The van der Waals surface area contributed by atoms with Crippen molar-refractivity contribution in [1.29, 1.82) is 0 Å². The number of rotatable bonds is 3. The first-order chi connectivity index (χ1) is 9.29. The molecule has 1 heterocycles. The van der Waals surface area contributed by atoms with Gasteiger partial charge < -0.3 is 5.73 Å². The van der Waals surface area contributed by atoms with Crippen LogP contribution < -0.4 is 10.5 Å². The number of anilines is 2. The van der Waals surface area contributed by atoms with Gasteiger partial charge >= 0.3 is 0 Å². The highest BCUT2D eigenvalue weighted by molar-refractivity contribution is 9.10. The van der Waals surface area contributed by atoms with Gasteiger partial charge in [0.15, 0.2) is 0 Å². The van der Waals surface area contributed by atoms with E-state index in [4.69, 9.17) is 5.73 Å². The summed E-state index contributed by atoms with van der Waals surface area (Å²) in [5.41, 5.74) is 7.80. The number of hydrogen-bond acceptors (Lipinski definition) is 4. The van der Waals surface area contributed by atoms with Crippen molar-refractivity contribution in [2.24, 2.45) is 0 Å². The lowest BCUT2D eigenvalue weighted by Gasteiger charge is -2.12. The molecule has 2 rings (SSSR count). The number of halogens is 1. The second kappa shape index (κ2) is 5.41. The van der Waals surface area contributed by atoms with Crippen molar-refractivity contribution >= 4 is 37.3 Å². The normalized spacial score (nSPS) is 11.3. The summed E-state index contributed by atoms with van der Waals surface area (Å²) >= 11 is 3.24. The van der Waals surface area contributed by atoms with E-state index in [-0.39, 0.29) is 4.90 Å². The van der Waals surface area contributed by atoms with Gasteiger partial charge in [0.05, 0.1) is 16.3 Å². The van der Waals surface area contributed by atoms with Gasteiger partial charge in [-0.05, 0) is 65.7 Å². The average Bonchev–Trinajstić information content (AvgIpc) is 2.32. The van der Waals surface area contributed by atoms with Gasteiger partial charge in [-0.2, -0.15) is 0 Å². The van der Waals surface area contributed by atoms with Crippen LogP contribution in [0.25, 0.3) is 0 Å². The van der Waals surface area contributed by atoms with Crippen LogP contribution in [0.5, 0.6) is 0 Å². The molecule has 0 saturated heterocycles. The first-order valence-corrected chi connectivity index (χ1v) is 8.09. The zero-order chi connectivity index (χ0) is 14.9. The largest absolute Gasteiger partial charge is 0.399 e. The van der Waals surface area contributed by atoms with Crippen molar-refractivity contribution < 1.29 is 8.42 Å². The van der Waals surface area contributed by atoms with Crippen LogP contribution in [0.15, 0.2) is 39.8 Å². The second-order valence-corrected chi connectivity index (χ2v) is 6.86. The molecule has 0 bridgehead atoms. The molecule has 20 heavy (non-hydrogen) atoms. The summed E-state index contributed by atoms with van der Waals surface area (Å²) in [6, 6.07) is 8.03. The molecule has 0 unspecified atom stereocenters. The molecule has 3 N–H and O–H groups in total. The van der Waals surface area contributed by atoms with E-state index in [1.54, 1.807) is 38.1 Å². The lowest BCUT2D eigenvalue weighted by atomic mass is 10.2. The van der Waals surface area contributed by atoms with E-state index in [0.29, 0.717) is 27.2 Å². The van der Waals surface area contributed by atoms with Crippen LogP contribution in [0.3, 0.4) is 0 Å². The van der Waals surface area contributed by atoms with Gasteiger partial charge in [-0.15, -0.1) is 0 Å². The van der Waals surface area contributed by atoms with Crippen LogP contribution in [-0.2, 0) is 10.0 Å². The summed E-state index contributed by atoms with van der Waals surface area (Å²) in [6.45, 7) is 3.44. The quantitative estimate of drug-likeness (QED) is 0.654. The van der Waals surface area contributed by atoms with E-state index in [0.717, 1.165) is 0 Å². The molecule has 0 aliphatic heterocycles. The molecule has 0 amide bonds. The Bertz CT molecular complexity index is 760. The summed E-state index contributed by atoms with van der Waals surface area (Å²) in [5, 5.41) is 0. The fourth-order valence-corrected chi connectivity index (χ4v) is 3.56. The number of aryl methyl sites for hydroxylation is 2. The molecule has 0 saturated carbocycles. The third-order valence-electron chi connectivity index (χ3n) is 2.78. The van der Waals surface area contributed by atoms with E-state index >= 15 is 0 Å². The molecule has 0 radical (unpaired) electrons. The molecule has 0 fully saturated rings. The molecule has 0 atom stereocenters. The predicted octanol–water partition coefficient (Wildman–Crippen LogP) is 2.84.